The molecule has 0 spiro atoms. The van der Waals surface area contributed by atoms with Crippen molar-refractivity contribution in [1.82, 2.24) is 4.90 Å². The van der Waals surface area contributed by atoms with Gasteiger partial charge < -0.3 is 4.74 Å². The minimum absolute atomic E-state index is 0.163. The van der Waals surface area contributed by atoms with Crippen LogP contribution in [0.3, 0.4) is 0 Å². The van der Waals surface area contributed by atoms with E-state index in [-0.39, 0.29) is 6.61 Å². The van der Waals surface area contributed by atoms with Crippen LogP contribution in [0.5, 0.6) is 0 Å². The quantitative estimate of drug-likeness (QED) is 0.329. The van der Waals surface area contributed by atoms with Gasteiger partial charge in [-0.25, -0.2) is 4.79 Å². The molecule has 0 N–H and O–H groups in total. The van der Waals surface area contributed by atoms with Crippen LogP contribution in [0.1, 0.15) is 22.8 Å². The molecular formula is C21H21Cl4NO2. The molecule has 150 valence electrons. The van der Waals surface area contributed by atoms with Gasteiger partial charge in [-0.3, -0.25) is 4.90 Å². The number of benzene rings is 2. The van der Waals surface area contributed by atoms with Crippen molar-refractivity contribution in [3.05, 3.63) is 80.3 Å². The van der Waals surface area contributed by atoms with E-state index < -0.39 is 11.5 Å². The van der Waals surface area contributed by atoms with Crippen molar-refractivity contribution in [2.75, 3.05) is 20.2 Å². The van der Waals surface area contributed by atoms with E-state index in [9.17, 15) is 4.79 Å². The molecule has 0 bridgehead atoms. The number of carbonyl (C=O) groups is 1. The highest BCUT2D eigenvalue weighted by Crippen LogP contribution is 2.28. The van der Waals surface area contributed by atoms with Crippen molar-refractivity contribution in [2.24, 2.45) is 0 Å². The van der Waals surface area contributed by atoms with Crippen molar-refractivity contribution in [2.45, 2.75) is 18.9 Å². The number of hydrogen-bond acceptors (Lipinski definition) is 3. The Kier molecular flexibility index (Phi) is 8.23. The molecule has 2 aromatic rings. The first-order valence-corrected chi connectivity index (χ1v) is 10.1. The Balaban J connectivity index is 2.19. The lowest BCUT2D eigenvalue weighted by Crippen LogP contribution is -2.50. The lowest BCUT2D eigenvalue weighted by molar-refractivity contribution is 0.0172. The molecule has 7 heteroatoms. The number of ether oxygens (including phenoxy) is 1. The first-order chi connectivity index (χ1) is 13.2. The summed E-state index contributed by atoms with van der Waals surface area (Å²) >= 11 is 24.1. The van der Waals surface area contributed by atoms with E-state index in [4.69, 9.17) is 51.1 Å². The number of esters is 1. The van der Waals surface area contributed by atoms with Crippen molar-refractivity contribution >= 4 is 52.4 Å². The maximum absolute atomic E-state index is 12.5. The van der Waals surface area contributed by atoms with Gasteiger partial charge in [0.05, 0.1) is 31.2 Å². The Bertz CT molecular complexity index is 871. The molecule has 0 aromatic heterocycles. The second-order valence-electron chi connectivity index (χ2n) is 6.80. The number of nitrogens with zero attached hydrogens (tertiary/aromatic N) is 1. The summed E-state index contributed by atoms with van der Waals surface area (Å²) in [6, 6.07) is 10.1. The van der Waals surface area contributed by atoms with E-state index in [2.05, 4.69) is 11.5 Å². The zero-order chi connectivity index (χ0) is 20.9. The van der Waals surface area contributed by atoms with Gasteiger partial charge >= 0.3 is 5.97 Å². The van der Waals surface area contributed by atoms with Gasteiger partial charge in [-0.05, 0) is 56.3 Å². The minimum Gasteiger partial charge on any atom is -0.460 e. The van der Waals surface area contributed by atoms with Gasteiger partial charge in [0.1, 0.15) is 6.61 Å². The van der Waals surface area contributed by atoms with Crippen LogP contribution < -0.4 is 0 Å². The zero-order valence-corrected chi connectivity index (χ0v) is 18.7. The monoisotopic (exact) mass is 459 g/mol. The fourth-order valence-corrected chi connectivity index (χ4v) is 3.35. The molecule has 0 radical (unpaired) electrons. The van der Waals surface area contributed by atoms with Crippen LogP contribution in [0.15, 0.2) is 49.1 Å². The molecule has 2 rings (SSSR count). The molecular weight excluding hydrogens is 440 g/mol. The number of likely N-dealkylation sites (N-methyl/N-ethyl adjacent to an activating group) is 1. The molecule has 1 atom stereocenters. The molecule has 2 aromatic carbocycles. The average Bonchev–Trinajstić information content (AvgIpc) is 2.65. The summed E-state index contributed by atoms with van der Waals surface area (Å²) in [5, 5.41) is 1.67. The highest BCUT2D eigenvalue weighted by atomic mass is 35.5. The standard InChI is InChI=1S/C21H21Cl4NO2/c1-4-9-26(3)21(2,12-14-5-7-16(22)18(24)10-14)13-28-20(27)15-6-8-17(23)19(25)11-15/h4-8,10-11H,1,9,12-13H2,2-3H3/t21-/m0/s1. The van der Waals surface area contributed by atoms with Gasteiger partial charge in [0, 0.05) is 6.54 Å². The smallest absolute Gasteiger partial charge is 0.338 e. The number of hydrogen-bond donors (Lipinski definition) is 0. The van der Waals surface area contributed by atoms with E-state index in [0.717, 1.165) is 5.56 Å². The van der Waals surface area contributed by atoms with Gasteiger partial charge in [0.2, 0.25) is 0 Å². The first-order valence-electron chi connectivity index (χ1n) is 8.54. The predicted octanol–water partition coefficient (Wildman–Crippen LogP) is 6.58. The van der Waals surface area contributed by atoms with Gasteiger partial charge in [-0.2, -0.15) is 0 Å². The summed E-state index contributed by atoms with van der Waals surface area (Å²) in [7, 11) is 1.95. The molecule has 0 saturated carbocycles. The Morgan fingerprint density at radius 2 is 1.68 bits per heavy atom. The van der Waals surface area contributed by atoms with Crippen LogP contribution in [0.4, 0.5) is 0 Å². The minimum atomic E-state index is -0.489. The lowest BCUT2D eigenvalue weighted by atomic mass is 9.92. The third kappa shape index (κ3) is 5.88. The molecule has 0 saturated heterocycles. The predicted molar refractivity (Wildman–Crippen MR) is 118 cm³/mol. The Labute approximate surface area is 185 Å². The van der Waals surface area contributed by atoms with E-state index in [1.165, 1.54) is 6.07 Å². The largest absolute Gasteiger partial charge is 0.460 e. The Morgan fingerprint density at radius 1 is 1.07 bits per heavy atom. The zero-order valence-electron chi connectivity index (χ0n) is 15.6. The summed E-state index contributed by atoms with van der Waals surface area (Å²) < 4.78 is 5.61. The van der Waals surface area contributed by atoms with Crippen LogP contribution in [-0.2, 0) is 11.2 Å². The first kappa shape index (κ1) is 23.1. The van der Waals surface area contributed by atoms with E-state index >= 15 is 0 Å². The Hall–Kier alpha value is -1.23. The molecule has 0 unspecified atom stereocenters. The fourth-order valence-electron chi connectivity index (χ4n) is 2.73. The maximum Gasteiger partial charge on any atom is 0.338 e. The van der Waals surface area contributed by atoms with E-state index in [0.29, 0.717) is 38.6 Å². The summed E-state index contributed by atoms with van der Waals surface area (Å²) in [5.74, 6) is -0.467. The summed E-state index contributed by atoms with van der Waals surface area (Å²) in [6.45, 7) is 6.60. The molecule has 0 aliphatic heterocycles. The van der Waals surface area contributed by atoms with Crippen LogP contribution in [-0.4, -0.2) is 36.6 Å². The maximum atomic E-state index is 12.5. The number of halogens is 4. The average molecular weight is 461 g/mol. The van der Waals surface area contributed by atoms with Gasteiger partial charge in [-0.1, -0.05) is 58.5 Å². The Morgan fingerprint density at radius 3 is 2.25 bits per heavy atom. The number of carbonyl (C=O) groups excluding carboxylic acids is 1. The second kappa shape index (κ2) is 10.00. The van der Waals surface area contributed by atoms with Crippen molar-refractivity contribution in [1.29, 1.82) is 0 Å². The SMILES string of the molecule is C=CCN(C)[C@](C)(COC(=O)c1ccc(Cl)c(Cl)c1)Cc1ccc(Cl)c(Cl)c1. The molecule has 3 nitrogen and oxygen atoms in total. The van der Waals surface area contributed by atoms with E-state index in [1.54, 1.807) is 24.3 Å². The summed E-state index contributed by atoms with van der Waals surface area (Å²) in [4.78, 5) is 14.6. The highest BCUT2D eigenvalue weighted by Gasteiger charge is 2.31. The molecule has 0 amide bonds. The summed E-state index contributed by atoms with van der Waals surface area (Å²) in [6.07, 6.45) is 2.40. The molecule has 0 heterocycles. The van der Waals surface area contributed by atoms with Crippen LogP contribution in [0.2, 0.25) is 20.1 Å². The third-order valence-corrected chi connectivity index (χ3v) is 6.04. The normalized spacial score (nSPS) is 13.2. The van der Waals surface area contributed by atoms with Gasteiger partial charge in [0.15, 0.2) is 0 Å². The van der Waals surface area contributed by atoms with E-state index in [1.807, 2.05) is 26.1 Å². The second-order valence-corrected chi connectivity index (χ2v) is 8.43. The van der Waals surface area contributed by atoms with Crippen molar-refractivity contribution < 1.29 is 9.53 Å². The summed E-state index contributed by atoms with van der Waals surface area (Å²) in [5.41, 5.74) is 0.841. The highest BCUT2D eigenvalue weighted by molar-refractivity contribution is 6.42. The molecule has 28 heavy (non-hydrogen) atoms. The molecule has 0 aliphatic rings. The van der Waals surface area contributed by atoms with Crippen LogP contribution >= 0.6 is 46.4 Å². The number of rotatable bonds is 8. The van der Waals surface area contributed by atoms with Crippen molar-refractivity contribution in [3.63, 3.8) is 0 Å². The molecule has 0 aliphatic carbocycles. The molecule has 0 fully saturated rings. The van der Waals surface area contributed by atoms with Gasteiger partial charge in [-0.15, -0.1) is 6.58 Å². The van der Waals surface area contributed by atoms with Crippen molar-refractivity contribution in [3.8, 4) is 0 Å². The fraction of sp³-hybridized carbons (Fsp3) is 0.286. The van der Waals surface area contributed by atoms with Gasteiger partial charge in [0.25, 0.3) is 0 Å². The van der Waals surface area contributed by atoms with Crippen LogP contribution in [0.25, 0.3) is 0 Å². The third-order valence-electron chi connectivity index (χ3n) is 4.56. The lowest BCUT2D eigenvalue weighted by Gasteiger charge is -2.38. The van der Waals surface area contributed by atoms with Crippen LogP contribution in [0, 0.1) is 0 Å². The topological polar surface area (TPSA) is 29.5 Å².